The van der Waals surface area contributed by atoms with Gasteiger partial charge in [-0.05, 0) is 38.5 Å². The van der Waals surface area contributed by atoms with Gasteiger partial charge in [-0.15, -0.1) is 11.3 Å². The third-order valence-corrected chi connectivity index (χ3v) is 7.09. The number of rotatable bonds is 11. The predicted octanol–water partition coefficient (Wildman–Crippen LogP) is 5.47. The van der Waals surface area contributed by atoms with E-state index in [9.17, 15) is 27.9 Å². The molecule has 1 saturated carbocycles. The maximum Gasteiger partial charge on any atom is 0.355 e. The second-order valence-electron chi connectivity index (χ2n) is 7.51. The third kappa shape index (κ3) is 7.55. The minimum absolute atomic E-state index is 0.0110. The number of hydrogen-bond donors (Lipinski definition) is 2. The summed E-state index contributed by atoms with van der Waals surface area (Å²) in [7, 11) is 0. The lowest BCUT2D eigenvalue weighted by Gasteiger charge is -2.21. The number of hydrogen-bond acceptors (Lipinski definition) is 6. The first kappa shape index (κ1) is 24.6. The number of allylic oxidation sites excluding steroid dienone is 2. The maximum atomic E-state index is 12.9. The van der Waals surface area contributed by atoms with Gasteiger partial charge in [-0.2, -0.15) is 8.78 Å². The number of ketones is 1. The van der Waals surface area contributed by atoms with Gasteiger partial charge >= 0.3 is 12.0 Å². The fourth-order valence-electron chi connectivity index (χ4n) is 3.31. The van der Waals surface area contributed by atoms with Crippen LogP contribution in [0.3, 0.4) is 0 Å². The highest BCUT2D eigenvalue weighted by Gasteiger charge is 2.32. The minimum atomic E-state index is -2.36. The summed E-state index contributed by atoms with van der Waals surface area (Å²) in [5.41, 5.74) is -1.30. The SMILES string of the molecule is CC(O)(CC=CC1CCC(=O)C1CCSc1nc(C(=O)O)cs1)CCC(F)=C(F)F. The van der Waals surface area contributed by atoms with Crippen LogP contribution < -0.4 is 0 Å². The van der Waals surface area contributed by atoms with Crippen LogP contribution >= 0.6 is 23.1 Å². The molecule has 0 radical (unpaired) electrons. The summed E-state index contributed by atoms with van der Waals surface area (Å²) in [5.74, 6) is -1.90. The molecule has 1 aliphatic rings. The van der Waals surface area contributed by atoms with Crippen LogP contribution in [0.25, 0.3) is 0 Å². The first-order chi connectivity index (χ1) is 14.1. The number of carbonyl (C=O) groups is 2. The van der Waals surface area contributed by atoms with Crippen LogP contribution in [-0.2, 0) is 4.79 Å². The summed E-state index contributed by atoms with van der Waals surface area (Å²) in [6, 6.07) is 0. The van der Waals surface area contributed by atoms with E-state index in [1.165, 1.54) is 35.4 Å². The van der Waals surface area contributed by atoms with Gasteiger partial charge in [-0.1, -0.05) is 23.9 Å². The van der Waals surface area contributed by atoms with Crippen molar-refractivity contribution in [3.63, 3.8) is 0 Å². The summed E-state index contributed by atoms with van der Waals surface area (Å²) in [6.07, 6.45) is 2.59. The zero-order chi connectivity index (χ0) is 22.3. The van der Waals surface area contributed by atoms with E-state index in [1.807, 2.05) is 6.08 Å². The Labute approximate surface area is 181 Å². The molecular formula is C20H24F3NO4S2. The largest absolute Gasteiger partial charge is 0.476 e. The van der Waals surface area contributed by atoms with Gasteiger partial charge in [0, 0.05) is 29.9 Å². The first-order valence-corrected chi connectivity index (χ1v) is 11.4. The number of aromatic carboxylic acids is 1. The molecule has 1 aromatic rings. The number of carbonyl (C=O) groups excluding carboxylic acids is 1. The van der Waals surface area contributed by atoms with E-state index in [0.717, 1.165) is 0 Å². The van der Waals surface area contributed by atoms with Crippen LogP contribution in [0.4, 0.5) is 13.2 Å². The Hall–Kier alpha value is -1.65. The summed E-state index contributed by atoms with van der Waals surface area (Å²) in [4.78, 5) is 27.1. The molecule has 10 heteroatoms. The minimum Gasteiger partial charge on any atom is -0.476 e. The van der Waals surface area contributed by atoms with Crippen molar-refractivity contribution >= 4 is 34.9 Å². The van der Waals surface area contributed by atoms with E-state index in [2.05, 4.69) is 4.98 Å². The summed E-state index contributed by atoms with van der Waals surface area (Å²) < 4.78 is 37.8. The van der Waals surface area contributed by atoms with E-state index < -0.39 is 29.9 Å². The number of aliphatic hydroxyl groups is 1. The zero-order valence-corrected chi connectivity index (χ0v) is 18.1. The standard InChI is InChI=1S/C20H24F3NO4S2/c1-20(28,9-6-14(21)17(22)23)8-2-3-12-4-5-16(25)13(12)7-10-29-19-24-15(11-30-19)18(26)27/h2-3,11-13,28H,4-10H2,1H3,(H,26,27). The molecular weight excluding hydrogens is 439 g/mol. The van der Waals surface area contributed by atoms with Crippen LogP contribution in [0.2, 0.25) is 0 Å². The van der Waals surface area contributed by atoms with Gasteiger partial charge in [0.15, 0.2) is 15.9 Å². The van der Waals surface area contributed by atoms with Crippen LogP contribution in [0.15, 0.2) is 33.8 Å². The summed E-state index contributed by atoms with van der Waals surface area (Å²) in [6.45, 7) is 1.47. The predicted molar refractivity (Wildman–Crippen MR) is 110 cm³/mol. The lowest BCUT2D eigenvalue weighted by Crippen LogP contribution is -2.23. The van der Waals surface area contributed by atoms with Crippen LogP contribution in [0, 0.1) is 11.8 Å². The molecule has 0 aromatic carbocycles. The van der Waals surface area contributed by atoms with Crippen molar-refractivity contribution in [2.45, 2.75) is 55.4 Å². The monoisotopic (exact) mass is 463 g/mol. The number of halogens is 3. The van der Waals surface area contributed by atoms with Gasteiger partial charge in [0.05, 0.1) is 5.60 Å². The van der Waals surface area contributed by atoms with Crippen molar-refractivity contribution in [2.75, 3.05) is 5.75 Å². The molecule has 0 saturated heterocycles. The van der Waals surface area contributed by atoms with Gasteiger partial charge in [0.25, 0.3) is 0 Å². The number of aromatic nitrogens is 1. The molecule has 1 aromatic heterocycles. The molecule has 5 nitrogen and oxygen atoms in total. The van der Waals surface area contributed by atoms with E-state index in [0.29, 0.717) is 29.4 Å². The van der Waals surface area contributed by atoms with Crippen LogP contribution in [0.5, 0.6) is 0 Å². The lowest BCUT2D eigenvalue weighted by atomic mass is 9.90. The molecule has 1 heterocycles. The molecule has 2 rings (SSSR count). The lowest BCUT2D eigenvalue weighted by molar-refractivity contribution is -0.121. The number of thiazole rings is 1. The Bertz CT molecular complexity index is 819. The quantitative estimate of drug-likeness (QED) is 0.334. The average Bonchev–Trinajstić information content (AvgIpc) is 3.28. The highest BCUT2D eigenvalue weighted by molar-refractivity contribution is 8.01. The van der Waals surface area contributed by atoms with E-state index in [-0.39, 0.29) is 36.2 Å². The first-order valence-electron chi connectivity index (χ1n) is 9.52. The molecule has 0 spiro atoms. The molecule has 2 N–H and O–H groups in total. The normalized spacial score (nSPS) is 21.2. The van der Waals surface area contributed by atoms with Crippen molar-refractivity contribution in [1.29, 1.82) is 0 Å². The fraction of sp³-hybridized carbons (Fsp3) is 0.550. The van der Waals surface area contributed by atoms with Crippen LogP contribution in [0.1, 0.15) is 55.9 Å². The molecule has 0 bridgehead atoms. The zero-order valence-electron chi connectivity index (χ0n) is 16.4. The molecule has 0 aliphatic heterocycles. The highest BCUT2D eigenvalue weighted by Crippen LogP contribution is 2.35. The Morgan fingerprint density at radius 2 is 2.17 bits per heavy atom. The topological polar surface area (TPSA) is 87.5 Å². The smallest absolute Gasteiger partial charge is 0.355 e. The van der Waals surface area contributed by atoms with Crippen molar-refractivity contribution in [3.8, 4) is 0 Å². The average molecular weight is 464 g/mol. The molecule has 3 atom stereocenters. The van der Waals surface area contributed by atoms with Gasteiger partial charge in [-0.25, -0.2) is 14.2 Å². The van der Waals surface area contributed by atoms with Crippen molar-refractivity contribution in [1.82, 2.24) is 4.98 Å². The maximum absolute atomic E-state index is 12.9. The number of carboxylic acid groups (broad SMARTS) is 1. The van der Waals surface area contributed by atoms with Crippen molar-refractivity contribution in [2.24, 2.45) is 11.8 Å². The fourth-order valence-corrected chi connectivity index (χ4v) is 5.20. The van der Waals surface area contributed by atoms with Crippen molar-refractivity contribution < 1.29 is 33.0 Å². The number of thioether (sulfide) groups is 1. The summed E-state index contributed by atoms with van der Waals surface area (Å²) in [5, 5.41) is 20.6. The van der Waals surface area contributed by atoms with Gasteiger partial charge < -0.3 is 10.2 Å². The van der Waals surface area contributed by atoms with Crippen molar-refractivity contribution in [3.05, 3.63) is 35.1 Å². The Morgan fingerprint density at radius 1 is 1.43 bits per heavy atom. The highest BCUT2D eigenvalue weighted by atomic mass is 32.2. The van der Waals surface area contributed by atoms with E-state index in [1.54, 1.807) is 6.08 Å². The Morgan fingerprint density at radius 3 is 2.80 bits per heavy atom. The second kappa shape index (κ2) is 11.1. The number of nitrogens with zero attached hydrogens (tertiary/aromatic N) is 1. The Balaban J connectivity index is 1.83. The van der Waals surface area contributed by atoms with E-state index >= 15 is 0 Å². The van der Waals surface area contributed by atoms with Gasteiger partial charge in [-0.3, -0.25) is 4.79 Å². The molecule has 0 amide bonds. The molecule has 1 fully saturated rings. The third-order valence-electron chi connectivity index (χ3n) is 5.04. The Kier molecular flexibility index (Phi) is 9.11. The summed E-state index contributed by atoms with van der Waals surface area (Å²) >= 11 is 2.67. The molecule has 166 valence electrons. The van der Waals surface area contributed by atoms with Gasteiger partial charge in [0.2, 0.25) is 0 Å². The van der Waals surface area contributed by atoms with Gasteiger partial charge in [0.1, 0.15) is 5.78 Å². The van der Waals surface area contributed by atoms with Crippen LogP contribution in [-0.4, -0.2) is 38.3 Å². The van der Waals surface area contributed by atoms with E-state index in [4.69, 9.17) is 5.11 Å². The molecule has 1 aliphatic carbocycles. The number of Topliss-reactive ketones (excluding diaryl/α,β-unsaturated/α-hetero) is 1. The number of carboxylic acids is 1. The second-order valence-corrected chi connectivity index (χ2v) is 9.71. The molecule has 30 heavy (non-hydrogen) atoms. The molecule has 3 unspecified atom stereocenters.